The summed E-state index contributed by atoms with van der Waals surface area (Å²) in [5.74, 6) is 0.301. The molecule has 0 fully saturated rings. The SMILES string of the molecule is C=C[C@H](N)c1ccc(O)c(C)c1. The molecule has 3 N–H and O–H groups in total. The first-order chi connectivity index (χ1) is 5.65. The summed E-state index contributed by atoms with van der Waals surface area (Å²) in [5, 5.41) is 9.23. The third-order valence-electron chi connectivity index (χ3n) is 1.86. The summed E-state index contributed by atoms with van der Waals surface area (Å²) in [4.78, 5) is 0. The van der Waals surface area contributed by atoms with E-state index >= 15 is 0 Å². The molecule has 0 heterocycles. The fourth-order valence-corrected chi connectivity index (χ4v) is 1.02. The number of phenolic OH excluding ortho intramolecular Hbond substituents is 1. The largest absolute Gasteiger partial charge is 0.508 e. The zero-order valence-corrected chi connectivity index (χ0v) is 7.12. The quantitative estimate of drug-likeness (QED) is 0.654. The second-order valence-electron chi connectivity index (χ2n) is 2.81. The molecule has 0 aliphatic heterocycles. The standard InChI is InChI=1S/C10H13NO/c1-3-9(11)8-4-5-10(12)7(2)6-8/h3-6,9,12H,1,11H2,2H3/t9-/m0/s1. The van der Waals surface area contributed by atoms with Gasteiger partial charge in [0.1, 0.15) is 5.75 Å². The van der Waals surface area contributed by atoms with Crippen molar-refractivity contribution >= 4 is 0 Å². The molecule has 0 unspecified atom stereocenters. The van der Waals surface area contributed by atoms with Crippen molar-refractivity contribution in [3.63, 3.8) is 0 Å². The van der Waals surface area contributed by atoms with Crippen molar-refractivity contribution in [2.24, 2.45) is 5.73 Å². The second-order valence-corrected chi connectivity index (χ2v) is 2.81. The summed E-state index contributed by atoms with van der Waals surface area (Å²) < 4.78 is 0. The van der Waals surface area contributed by atoms with Crippen LogP contribution in [0.1, 0.15) is 17.2 Å². The van der Waals surface area contributed by atoms with Crippen LogP contribution in [-0.4, -0.2) is 5.11 Å². The first-order valence-electron chi connectivity index (χ1n) is 3.83. The molecule has 1 atom stereocenters. The zero-order chi connectivity index (χ0) is 9.14. The molecular weight excluding hydrogens is 150 g/mol. The van der Waals surface area contributed by atoms with Gasteiger partial charge in [0.05, 0.1) is 0 Å². The maximum atomic E-state index is 9.23. The van der Waals surface area contributed by atoms with Crippen LogP contribution in [0.3, 0.4) is 0 Å². The van der Waals surface area contributed by atoms with Crippen molar-refractivity contribution in [1.82, 2.24) is 0 Å². The van der Waals surface area contributed by atoms with E-state index in [-0.39, 0.29) is 6.04 Å². The molecule has 0 saturated carbocycles. The van der Waals surface area contributed by atoms with Gasteiger partial charge in [-0.25, -0.2) is 0 Å². The number of hydrogen-bond acceptors (Lipinski definition) is 2. The molecule has 0 amide bonds. The molecule has 1 aromatic rings. The summed E-state index contributed by atoms with van der Waals surface area (Å²) in [7, 11) is 0. The van der Waals surface area contributed by atoms with Gasteiger partial charge in [0.15, 0.2) is 0 Å². The second kappa shape index (κ2) is 3.41. The molecule has 0 saturated heterocycles. The molecule has 64 valence electrons. The lowest BCUT2D eigenvalue weighted by atomic mass is 10.0. The fourth-order valence-electron chi connectivity index (χ4n) is 1.02. The smallest absolute Gasteiger partial charge is 0.118 e. The molecule has 1 aromatic carbocycles. The van der Waals surface area contributed by atoms with Crippen molar-refractivity contribution in [2.75, 3.05) is 0 Å². The number of nitrogens with two attached hydrogens (primary N) is 1. The lowest BCUT2D eigenvalue weighted by molar-refractivity contribution is 0.470. The van der Waals surface area contributed by atoms with Crippen LogP contribution in [0.25, 0.3) is 0 Å². The molecule has 0 aromatic heterocycles. The highest BCUT2D eigenvalue weighted by Gasteiger charge is 2.02. The Bertz CT molecular complexity index is 294. The Labute approximate surface area is 72.3 Å². The predicted molar refractivity (Wildman–Crippen MR) is 50.0 cm³/mol. The average Bonchev–Trinajstić information content (AvgIpc) is 2.08. The minimum absolute atomic E-state index is 0.149. The lowest BCUT2D eigenvalue weighted by Crippen LogP contribution is -2.06. The molecule has 1 rings (SSSR count). The van der Waals surface area contributed by atoms with Gasteiger partial charge >= 0.3 is 0 Å². The monoisotopic (exact) mass is 163 g/mol. The number of hydrogen-bond donors (Lipinski definition) is 2. The van der Waals surface area contributed by atoms with E-state index in [1.165, 1.54) is 0 Å². The van der Waals surface area contributed by atoms with Gasteiger partial charge in [-0.3, -0.25) is 0 Å². The third-order valence-corrected chi connectivity index (χ3v) is 1.86. The van der Waals surface area contributed by atoms with E-state index in [2.05, 4.69) is 6.58 Å². The highest BCUT2D eigenvalue weighted by molar-refractivity contribution is 5.37. The molecule has 2 nitrogen and oxygen atoms in total. The molecule has 0 aliphatic carbocycles. The number of phenols is 1. The Morgan fingerprint density at radius 2 is 2.25 bits per heavy atom. The lowest BCUT2D eigenvalue weighted by Gasteiger charge is -2.07. The topological polar surface area (TPSA) is 46.2 Å². The van der Waals surface area contributed by atoms with E-state index in [0.29, 0.717) is 5.75 Å². The molecule has 0 radical (unpaired) electrons. The summed E-state index contributed by atoms with van der Waals surface area (Å²) in [6.07, 6.45) is 1.67. The van der Waals surface area contributed by atoms with E-state index < -0.39 is 0 Å². The van der Waals surface area contributed by atoms with Crippen LogP contribution in [0, 0.1) is 6.92 Å². The van der Waals surface area contributed by atoms with Crippen LogP contribution in [0.4, 0.5) is 0 Å². The van der Waals surface area contributed by atoms with Crippen LogP contribution < -0.4 is 5.73 Å². The third kappa shape index (κ3) is 1.66. The highest BCUT2D eigenvalue weighted by atomic mass is 16.3. The molecule has 2 heteroatoms. The Balaban J connectivity index is 3.04. The Hall–Kier alpha value is -1.28. The summed E-state index contributed by atoms with van der Waals surface area (Å²) >= 11 is 0. The molecule has 12 heavy (non-hydrogen) atoms. The van der Waals surface area contributed by atoms with Crippen LogP contribution >= 0.6 is 0 Å². The van der Waals surface area contributed by atoms with Gasteiger partial charge in [0, 0.05) is 6.04 Å². The first kappa shape index (κ1) is 8.81. The summed E-state index contributed by atoms with van der Waals surface area (Å²) in [6.45, 7) is 5.44. The van der Waals surface area contributed by atoms with Crippen LogP contribution in [0.2, 0.25) is 0 Å². The van der Waals surface area contributed by atoms with Gasteiger partial charge in [-0.1, -0.05) is 18.2 Å². The molecular formula is C10H13NO. The van der Waals surface area contributed by atoms with E-state index in [1.807, 2.05) is 13.0 Å². The van der Waals surface area contributed by atoms with Gasteiger partial charge in [0.25, 0.3) is 0 Å². The van der Waals surface area contributed by atoms with Crippen molar-refractivity contribution in [1.29, 1.82) is 0 Å². The maximum Gasteiger partial charge on any atom is 0.118 e. The molecule has 0 aliphatic rings. The molecule has 0 bridgehead atoms. The highest BCUT2D eigenvalue weighted by Crippen LogP contribution is 2.20. The van der Waals surface area contributed by atoms with Crippen molar-refractivity contribution in [3.05, 3.63) is 42.0 Å². The van der Waals surface area contributed by atoms with Gasteiger partial charge in [0.2, 0.25) is 0 Å². The number of aromatic hydroxyl groups is 1. The average molecular weight is 163 g/mol. The molecule has 0 spiro atoms. The number of benzene rings is 1. The fraction of sp³-hybridized carbons (Fsp3) is 0.200. The Morgan fingerprint density at radius 3 is 2.75 bits per heavy atom. The van der Waals surface area contributed by atoms with E-state index in [9.17, 15) is 5.11 Å². The van der Waals surface area contributed by atoms with E-state index in [1.54, 1.807) is 18.2 Å². The van der Waals surface area contributed by atoms with Crippen LogP contribution in [0.15, 0.2) is 30.9 Å². The van der Waals surface area contributed by atoms with Gasteiger partial charge in [-0.05, 0) is 24.1 Å². The normalized spacial score (nSPS) is 12.5. The van der Waals surface area contributed by atoms with Crippen LogP contribution in [-0.2, 0) is 0 Å². The maximum absolute atomic E-state index is 9.23. The predicted octanol–water partition coefficient (Wildman–Crippen LogP) is 1.89. The number of rotatable bonds is 2. The minimum Gasteiger partial charge on any atom is -0.508 e. The van der Waals surface area contributed by atoms with Gasteiger partial charge in [-0.2, -0.15) is 0 Å². The van der Waals surface area contributed by atoms with Crippen molar-refractivity contribution < 1.29 is 5.11 Å². The van der Waals surface area contributed by atoms with Gasteiger partial charge in [-0.15, -0.1) is 6.58 Å². The summed E-state index contributed by atoms with van der Waals surface area (Å²) in [5.41, 5.74) is 7.52. The van der Waals surface area contributed by atoms with E-state index in [4.69, 9.17) is 5.73 Å². The van der Waals surface area contributed by atoms with Crippen molar-refractivity contribution in [3.8, 4) is 5.75 Å². The number of aryl methyl sites for hydroxylation is 1. The van der Waals surface area contributed by atoms with Gasteiger partial charge < -0.3 is 10.8 Å². The zero-order valence-electron chi connectivity index (χ0n) is 7.12. The Kier molecular flexibility index (Phi) is 2.51. The van der Waals surface area contributed by atoms with Crippen molar-refractivity contribution in [2.45, 2.75) is 13.0 Å². The van der Waals surface area contributed by atoms with E-state index in [0.717, 1.165) is 11.1 Å². The minimum atomic E-state index is -0.149. The summed E-state index contributed by atoms with van der Waals surface area (Å²) in [6, 6.07) is 5.16. The van der Waals surface area contributed by atoms with Crippen LogP contribution in [0.5, 0.6) is 5.75 Å². The Morgan fingerprint density at radius 1 is 1.58 bits per heavy atom. The first-order valence-corrected chi connectivity index (χ1v) is 3.83.